The molecule has 2 aromatic carbocycles. The Morgan fingerprint density at radius 3 is 2.42 bits per heavy atom. The first-order chi connectivity index (χ1) is 23.2. The van der Waals surface area contributed by atoms with Crippen molar-refractivity contribution in [3.8, 4) is 0 Å². The van der Waals surface area contributed by atoms with Crippen LogP contribution in [0, 0.1) is 11.8 Å². The Balaban J connectivity index is 1.48. The SMILES string of the molecule is C=CCCC(=O)OC[C@@H](NC(=O)[C@@H]1[C@@H]2CC[C@]3(O2)[C@H](C(=O)N(CC=C)C(C)C)N([C@@H](CO)Cc2ccccc2)C(=O)[C@@H]13)c1ccccc1. The van der Waals surface area contributed by atoms with Crippen molar-refractivity contribution in [2.45, 2.75) is 81.8 Å². The molecule has 48 heavy (non-hydrogen) atoms. The Morgan fingerprint density at radius 1 is 1.10 bits per heavy atom. The summed E-state index contributed by atoms with van der Waals surface area (Å²) in [6.07, 6.45) is 4.62. The summed E-state index contributed by atoms with van der Waals surface area (Å²) in [5.41, 5.74) is 0.414. The number of rotatable bonds is 16. The first-order valence-corrected chi connectivity index (χ1v) is 16.8. The van der Waals surface area contributed by atoms with Gasteiger partial charge in [-0.1, -0.05) is 72.8 Å². The molecule has 7 atom stereocenters. The number of esters is 1. The van der Waals surface area contributed by atoms with Crippen LogP contribution in [0.2, 0.25) is 0 Å². The Hall–Kier alpha value is -4.28. The molecule has 2 N–H and O–H groups in total. The molecule has 2 bridgehead atoms. The zero-order valence-electron chi connectivity index (χ0n) is 27.8. The summed E-state index contributed by atoms with van der Waals surface area (Å²) in [4.78, 5) is 59.1. The topological polar surface area (TPSA) is 125 Å². The van der Waals surface area contributed by atoms with Crippen molar-refractivity contribution in [2.24, 2.45) is 11.8 Å². The minimum Gasteiger partial charge on any atom is -0.463 e. The molecule has 0 aliphatic carbocycles. The van der Waals surface area contributed by atoms with Crippen LogP contribution in [0.5, 0.6) is 0 Å². The van der Waals surface area contributed by atoms with E-state index in [1.807, 2.05) is 74.5 Å². The predicted octanol–water partition coefficient (Wildman–Crippen LogP) is 3.75. The maximum absolute atomic E-state index is 14.7. The molecular weight excluding hydrogens is 610 g/mol. The molecule has 3 amide bonds. The molecule has 0 aromatic heterocycles. The van der Waals surface area contributed by atoms with E-state index in [0.29, 0.717) is 25.7 Å². The number of aliphatic hydroxyl groups is 1. The number of hydrogen-bond acceptors (Lipinski definition) is 7. The van der Waals surface area contributed by atoms with Crippen molar-refractivity contribution in [3.63, 3.8) is 0 Å². The van der Waals surface area contributed by atoms with Gasteiger partial charge in [-0.25, -0.2) is 0 Å². The molecule has 1 spiro atoms. The van der Waals surface area contributed by atoms with Gasteiger partial charge in [-0.05, 0) is 50.7 Å². The van der Waals surface area contributed by atoms with Crippen LogP contribution in [-0.2, 0) is 35.1 Å². The standard InChI is InChI=1S/C38H47N3O7/c1-5-7-18-31(43)47-24-29(27-16-12-9-13-17-27)39-35(44)32-30-19-20-38(48-30)33(32)36(45)41(28(23-42)22-26-14-10-8-11-15-26)34(38)37(46)40(21-6-2)25(3)4/h5-6,8-17,25,28-30,32-34,42H,1-2,7,18-24H2,3-4H3,(H,39,44)/t28-,29-,30+,32-,33-,34+,38-/m1/s1. The van der Waals surface area contributed by atoms with E-state index in [0.717, 1.165) is 11.1 Å². The number of benzene rings is 2. The van der Waals surface area contributed by atoms with Gasteiger partial charge in [0, 0.05) is 19.0 Å². The first-order valence-electron chi connectivity index (χ1n) is 16.8. The molecule has 3 fully saturated rings. The van der Waals surface area contributed by atoms with Crippen LogP contribution < -0.4 is 5.32 Å². The van der Waals surface area contributed by atoms with E-state index in [-0.39, 0.29) is 44.0 Å². The highest BCUT2D eigenvalue weighted by Gasteiger charge is 2.75. The summed E-state index contributed by atoms with van der Waals surface area (Å²) >= 11 is 0. The maximum atomic E-state index is 14.7. The van der Waals surface area contributed by atoms with Crippen molar-refractivity contribution in [2.75, 3.05) is 19.8 Å². The highest BCUT2D eigenvalue weighted by molar-refractivity contribution is 5.99. The van der Waals surface area contributed by atoms with E-state index in [4.69, 9.17) is 9.47 Å². The second-order valence-electron chi connectivity index (χ2n) is 13.2. The second kappa shape index (κ2) is 15.3. The van der Waals surface area contributed by atoms with Crippen LogP contribution >= 0.6 is 0 Å². The molecule has 0 unspecified atom stereocenters. The summed E-state index contributed by atoms with van der Waals surface area (Å²) in [7, 11) is 0. The van der Waals surface area contributed by atoms with E-state index < -0.39 is 53.5 Å². The molecule has 3 aliphatic heterocycles. The zero-order valence-corrected chi connectivity index (χ0v) is 27.8. The lowest BCUT2D eigenvalue weighted by Crippen LogP contribution is -2.60. The van der Waals surface area contributed by atoms with Crippen molar-refractivity contribution in [3.05, 3.63) is 97.1 Å². The molecule has 0 saturated carbocycles. The number of aliphatic hydroxyl groups excluding tert-OH is 1. The van der Waals surface area contributed by atoms with Crippen LogP contribution in [0.1, 0.15) is 56.7 Å². The van der Waals surface area contributed by atoms with Gasteiger partial charge in [-0.2, -0.15) is 0 Å². The van der Waals surface area contributed by atoms with Gasteiger partial charge in [0.1, 0.15) is 18.2 Å². The van der Waals surface area contributed by atoms with Crippen molar-refractivity contribution < 1.29 is 33.8 Å². The van der Waals surface area contributed by atoms with Crippen LogP contribution in [0.15, 0.2) is 86.0 Å². The summed E-state index contributed by atoms with van der Waals surface area (Å²) in [5, 5.41) is 13.8. The molecule has 256 valence electrons. The Kier molecular flexibility index (Phi) is 11.2. The van der Waals surface area contributed by atoms with Crippen LogP contribution in [0.3, 0.4) is 0 Å². The van der Waals surface area contributed by atoms with Crippen molar-refractivity contribution in [1.82, 2.24) is 15.1 Å². The summed E-state index contributed by atoms with van der Waals surface area (Å²) < 4.78 is 12.2. The van der Waals surface area contributed by atoms with Gasteiger partial charge >= 0.3 is 5.97 Å². The van der Waals surface area contributed by atoms with E-state index in [1.165, 1.54) is 4.90 Å². The minimum absolute atomic E-state index is 0.0878. The third kappa shape index (κ3) is 6.82. The monoisotopic (exact) mass is 657 g/mol. The first kappa shape index (κ1) is 35.0. The number of carbonyl (C=O) groups excluding carboxylic acids is 4. The number of nitrogens with one attached hydrogen (secondary N) is 1. The molecule has 3 aliphatic rings. The highest BCUT2D eigenvalue weighted by atomic mass is 16.5. The highest BCUT2D eigenvalue weighted by Crippen LogP contribution is 2.59. The van der Waals surface area contributed by atoms with Crippen molar-refractivity contribution in [1.29, 1.82) is 0 Å². The molecular formula is C38H47N3O7. The van der Waals surface area contributed by atoms with Gasteiger partial charge in [0.15, 0.2) is 0 Å². The van der Waals surface area contributed by atoms with E-state index in [1.54, 1.807) is 17.1 Å². The fourth-order valence-corrected chi connectivity index (χ4v) is 7.70. The lowest BCUT2D eigenvalue weighted by Gasteiger charge is -2.40. The third-order valence-electron chi connectivity index (χ3n) is 9.91. The Morgan fingerprint density at radius 2 is 1.79 bits per heavy atom. The van der Waals surface area contributed by atoms with Gasteiger partial charge in [0.05, 0.1) is 36.6 Å². The number of fused-ring (bicyclic) bond motifs is 1. The fraction of sp³-hybridized carbons (Fsp3) is 0.474. The van der Waals surface area contributed by atoms with Gasteiger partial charge in [0.25, 0.3) is 0 Å². The van der Waals surface area contributed by atoms with Gasteiger partial charge in [-0.15, -0.1) is 13.2 Å². The van der Waals surface area contributed by atoms with Gasteiger partial charge in [-0.3, -0.25) is 19.2 Å². The lowest BCUT2D eigenvalue weighted by molar-refractivity contribution is -0.152. The zero-order chi connectivity index (χ0) is 34.4. The number of hydrogen-bond donors (Lipinski definition) is 2. The molecule has 5 rings (SSSR count). The second-order valence-corrected chi connectivity index (χ2v) is 13.2. The molecule has 2 aromatic rings. The minimum atomic E-state index is -1.24. The van der Waals surface area contributed by atoms with Crippen molar-refractivity contribution >= 4 is 23.7 Å². The maximum Gasteiger partial charge on any atom is 0.306 e. The lowest BCUT2D eigenvalue weighted by atomic mass is 9.70. The summed E-state index contributed by atoms with van der Waals surface area (Å²) in [5.74, 6) is -3.28. The normalized spacial score (nSPS) is 25.3. The number of amides is 3. The fourth-order valence-electron chi connectivity index (χ4n) is 7.70. The summed E-state index contributed by atoms with van der Waals surface area (Å²) in [6, 6.07) is 16.1. The molecule has 10 nitrogen and oxygen atoms in total. The number of ether oxygens (including phenoxy) is 2. The molecule has 10 heteroatoms. The van der Waals surface area contributed by atoms with Gasteiger partial charge in [0.2, 0.25) is 17.7 Å². The Labute approximate surface area is 282 Å². The smallest absolute Gasteiger partial charge is 0.306 e. The number of carbonyl (C=O) groups is 4. The van der Waals surface area contributed by atoms with Gasteiger partial charge < -0.3 is 29.7 Å². The molecule has 3 saturated heterocycles. The van der Waals surface area contributed by atoms with Crippen LogP contribution in [0.25, 0.3) is 0 Å². The average Bonchev–Trinajstić information content (AvgIpc) is 3.74. The quantitative estimate of drug-likeness (QED) is 0.208. The number of nitrogens with zero attached hydrogens (tertiary/aromatic N) is 2. The van der Waals surface area contributed by atoms with Crippen LogP contribution in [-0.4, -0.2) is 88.2 Å². The Bertz CT molecular complexity index is 1480. The average molecular weight is 658 g/mol. The van der Waals surface area contributed by atoms with E-state index in [2.05, 4.69) is 18.5 Å². The third-order valence-corrected chi connectivity index (χ3v) is 9.91. The van der Waals surface area contributed by atoms with E-state index in [9.17, 15) is 24.3 Å². The molecule has 0 radical (unpaired) electrons. The largest absolute Gasteiger partial charge is 0.463 e. The predicted molar refractivity (Wildman–Crippen MR) is 180 cm³/mol. The summed E-state index contributed by atoms with van der Waals surface area (Å²) in [6.45, 7) is 11.1. The number of allylic oxidation sites excluding steroid dienone is 1. The van der Waals surface area contributed by atoms with E-state index >= 15 is 0 Å². The molecule has 3 heterocycles. The van der Waals surface area contributed by atoms with Crippen LogP contribution in [0.4, 0.5) is 0 Å². The number of likely N-dealkylation sites (tertiary alicyclic amines) is 1.